The minimum absolute atomic E-state index is 0.330. The second-order valence-corrected chi connectivity index (χ2v) is 4.85. The summed E-state index contributed by atoms with van der Waals surface area (Å²) in [6.07, 6.45) is 2.24. The van der Waals surface area contributed by atoms with Crippen molar-refractivity contribution < 1.29 is 0 Å². The topological polar surface area (TPSA) is 27.6 Å². The second-order valence-electron chi connectivity index (χ2n) is 4.85. The monoisotopic (exact) mass is 183 g/mol. The highest BCUT2D eigenvalue weighted by atomic mass is 15.5. The van der Waals surface area contributed by atoms with Crippen LogP contribution in [-0.2, 0) is 0 Å². The van der Waals surface area contributed by atoms with Crippen LogP contribution in [0.2, 0.25) is 0 Å². The van der Waals surface area contributed by atoms with Crippen LogP contribution >= 0.6 is 0 Å². The molecule has 13 heavy (non-hydrogen) atoms. The average molecular weight is 183 g/mol. The number of hydrogen-bond acceptors (Lipinski definition) is 3. The van der Waals surface area contributed by atoms with Crippen LogP contribution in [0.25, 0.3) is 0 Å². The first-order valence-electron chi connectivity index (χ1n) is 5.07. The van der Waals surface area contributed by atoms with Gasteiger partial charge in [0.2, 0.25) is 0 Å². The summed E-state index contributed by atoms with van der Waals surface area (Å²) >= 11 is 0. The Kier molecular flexibility index (Phi) is 3.17. The Bertz CT molecular complexity index is 191. The maximum absolute atomic E-state index is 4.31. The predicted octanol–water partition coefficient (Wildman–Crippen LogP) is 2.01. The van der Waals surface area contributed by atoms with Gasteiger partial charge in [-0.3, -0.25) is 5.43 Å². The number of amidine groups is 1. The van der Waals surface area contributed by atoms with E-state index in [-0.39, 0.29) is 0 Å². The molecule has 1 aliphatic rings. The highest BCUT2D eigenvalue weighted by Crippen LogP contribution is 2.21. The van der Waals surface area contributed by atoms with E-state index in [9.17, 15) is 0 Å². The van der Waals surface area contributed by atoms with Gasteiger partial charge in [-0.1, -0.05) is 27.7 Å². The molecule has 1 N–H and O–H groups in total. The van der Waals surface area contributed by atoms with Gasteiger partial charge in [-0.15, -0.1) is 0 Å². The normalized spacial score (nSPS) is 17.2. The van der Waals surface area contributed by atoms with Crippen molar-refractivity contribution >= 4 is 5.84 Å². The molecular weight excluding hydrogens is 162 g/mol. The lowest BCUT2D eigenvalue weighted by atomic mass is 9.91. The number of rotatable bonds is 3. The van der Waals surface area contributed by atoms with Gasteiger partial charge in [0.15, 0.2) is 0 Å². The van der Waals surface area contributed by atoms with Gasteiger partial charge < -0.3 is 4.90 Å². The van der Waals surface area contributed by atoms with Crippen LogP contribution < -0.4 is 5.43 Å². The van der Waals surface area contributed by atoms with E-state index in [1.165, 1.54) is 12.3 Å². The van der Waals surface area contributed by atoms with Gasteiger partial charge in [0.25, 0.3) is 0 Å². The maximum Gasteiger partial charge on any atom is 0.126 e. The fraction of sp³-hybridized carbons (Fsp3) is 0.900. The smallest absolute Gasteiger partial charge is 0.126 e. The van der Waals surface area contributed by atoms with E-state index in [4.69, 9.17) is 0 Å². The van der Waals surface area contributed by atoms with Crippen molar-refractivity contribution in [2.75, 3.05) is 13.2 Å². The molecule has 0 aliphatic carbocycles. The van der Waals surface area contributed by atoms with Crippen LogP contribution in [0.4, 0.5) is 0 Å². The molecule has 0 saturated carbocycles. The lowest BCUT2D eigenvalue weighted by Gasteiger charge is -2.24. The zero-order chi connectivity index (χ0) is 9.90. The third kappa shape index (κ3) is 3.25. The van der Waals surface area contributed by atoms with E-state index in [1.807, 2.05) is 0 Å². The molecule has 1 rings (SSSR count). The molecule has 0 bridgehead atoms. The van der Waals surface area contributed by atoms with Crippen molar-refractivity contribution in [3.05, 3.63) is 0 Å². The van der Waals surface area contributed by atoms with Crippen LogP contribution in [-0.4, -0.2) is 23.9 Å². The summed E-state index contributed by atoms with van der Waals surface area (Å²) in [5.74, 6) is 1.22. The predicted molar refractivity (Wildman–Crippen MR) is 56.5 cm³/mol. The molecule has 0 radical (unpaired) electrons. The Hall–Kier alpha value is -0.730. The molecule has 0 saturated heterocycles. The van der Waals surface area contributed by atoms with E-state index < -0.39 is 0 Å². The van der Waals surface area contributed by atoms with Crippen LogP contribution in [0.1, 0.15) is 40.5 Å². The molecular formula is C10H21N3. The summed E-state index contributed by atoms with van der Waals surface area (Å²) in [7, 11) is 0. The SMILES string of the molecule is CCCN1CNN=C1CC(C)(C)C. The molecule has 0 aromatic carbocycles. The van der Waals surface area contributed by atoms with E-state index in [0.29, 0.717) is 5.41 Å². The highest BCUT2D eigenvalue weighted by Gasteiger charge is 2.21. The van der Waals surface area contributed by atoms with Gasteiger partial charge in [0, 0.05) is 13.0 Å². The molecule has 0 fully saturated rings. The average Bonchev–Trinajstić information content (AvgIpc) is 2.34. The van der Waals surface area contributed by atoms with Crippen molar-refractivity contribution in [2.45, 2.75) is 40.5 Å². The first-order valence-corrected chi connectivity index (χ1v) is 5.07. The lowest BCUT2D eigenvalue weighted by Crippen LogP contribution is -2.32. The third-order valence-electron chi connectivity index (χ3n) is 2.02. The van der Waals surface area contributed by atoms with Gasteiger partial charge in [-0.05, 0) is 11.8 Å². The van der Waals surface area contributed by atoms with Gasteiger partial charge in [-0.2, -0.15) is 5.10 Å². The summed E-state index contributed by atoms with van der Waals surface area (Å²) in [6, 6.07) is 0. The minimum atomic E-state index is 0.330. The molecule has 0 amide bonds. The maximum atomic E-state index is 4.31. The summed E-state index contributed by atoms with van der Waals surface area (Å²) in [6.45, 7) is 10.9. The fourth-order valence-electron chi connectivity index (χ4n) is 1.48. The van der Waals surface area contributed by atoms with Crippen molar-refractivity contribution in [1.29, 1.82) is 0 Å². The Morgan fingerprint density at radius 1 is 1.46 bits per heavy atom. The molecule has 3 heteroatoms. The Labute approximate surface area is 81.2 Å². The fourth-order valence-corrected chi connectivity index (χ4v) is 1.48. The molecule has 0 atom stereocenters. The van der Waals surface area contributed by atoms with Crippen molar-refractivity contribution in [3.8, 4) is 0 Å². The Balaban J connectivity index is 2.48. The summed E-state index contributed by atoms with van der Waals surface area (Å²) in [5.41, 5.74) is 3.37. The molecule has 1 aliphatic heterocycles. The molecule has 0 aromatic rings. The molecule has 0 spiro atoms. The van der Waals surface area contributed by atoms with Crippen molar-refractivity contribution in [2.24, 2.45) is 10.5 Å². The van der Waals surface area contributed by atoms with Gasteiger partial charge in [0.05, 0.1) is 0 Å². The van der Waals surface area contributed by atoms with E-state index in [0.717, 1.165) is 19.6 Å². The van der Waals surface area contributed by atoms with Crippen molar-refractivity contribution in [3.63, 3.8) is 0 Å². The molecule has 0 unspecified atom stereocenters. The van der Waals surface area contributed by atoms with Gasteiger partial charge in [-0.25, -0.2) is 0 Å². The molecule has 0 aromatic heterocycles. The molecule has 76 valence electrons. The van der Waals surface area contributed by atoms with E-state index >= 15 is 0 Å². The Morgan fingerprint density at radius 2 is 2.15 bits per heavy atom. The van der Waals surface area contributed by atoms with Crippen LogP contribution in [0.5, 0.6) is 0 Å². The largest absolute Gasteiger partial charge is 0.340 e. The van der Waals surface area contributed by atoms with Crippen LogP contribution in [0.15, 0.2) is 5.10 Å². The lowest BCUT2D eigenvalue weighted by molar-refractivity contribution is 0.378. The molecule has 3 nitrogen and oxygen atoms in total. The molecule has 1 heterocycles. The number of hydrogen-bond donors (Lipinski definition) is 1. The summed E-state index contributed by atoms with van der Waals surface area (Å²) in [5, 5.41) is 4.31. The van der Waals surface area contributed by atoms with Gasteiger partial charge in [0.1, 0.15) is 12.5 Å². The summed E-state index contributed by atoms with van der Waals surface area (Å²) < 4.78 is 0. The number of hydrazone groups is 1. The van der Waals surface area contributed by atoms with Crippen LogP contribution in [0, 0.1) is 5.41 Å². The quantitative estimate of drug-likeness (QED) is 0.724. The zero-order valence-electron chi connectivity index (χ0n) is 9.22. The van der Waals surface area contributed by atoms with E-state index in [2.05, 4.69) is 43.1 Å². The Morgan fingerprint density at radius 3 is 2.69 bits per heavy atom. The number of nitrogens with one attached hydrogen (secondary N) is 1. The first kappa shape index (κ1) is 10.4. The zero-order valence-corrected chi connectivity index (χ0v) is 9.22. The van der Waals surface area contributed by atoms with Gasteiger partial charge >= 0.3 is 0 Å². The highest BCUT2D eigenvalue weighted by molar-refractivity contribution is 5.83. The summed E-state index contributed by atoms with van der Waals surface area (Å²) in [4.78, 5) is 2.32. The standard InChI is InChI=1S/C10H21N3/c1-5-6-13-8-11-12-9(13)7-10(2,3)4/h11H,5-8H2,1-4H3. The number of nitrogens with zero attached hydrogens (tertiary/aromatic N) is 2. The van der Waals surface area contributed by atoms with Crippen LogP contribution in [0.3, 0.4) is 0 Å². The van der Waals surface area contributed by atoms with E-state index in [1.54, 1.807) is 0 Å². The first-order chi connectivity index (χ1) is 6.03. The second kappa shape index (κ2) is 3.99. The third-order valence-corrected chi connectivity index (χ3v) is 2.02. The minimum Gasteiger partial charge on any atom is -0.340 e. The van der Waals surface area contributed by atoms with Crippen molar-refractivity contribution in [1.82, 2.24) is 10.3 Å².